The normalized spacial score (nSPS) is 10.9. The molecule has 2 rings (SSSR count). The van der Waals surface area contributed by atoms with Crippen molar-refractivity contribution in [1.82, 2.24) is 4.57 Å². The third-order valence-electron chi connectivity index (χ3n) is 2.24. The lowest BCUT2D eigenvalue weighted by Gasteiger charge is -1.98. The lowest BCUT2D eigenvalue weighted by atomic mass is 10.1. The van der Waals surface area contributed by atoms with Crippen LogP contribution in [0.15, 0.2) is 21.3 Å². The quantitative estimate of drug-likeness (QED) is 0.698. The molecule has 4 nitrogen and oxygen atoms in total. The van der Waals surface area contributed by atoms with Crippen LogP contribution >= 0.6 is 11.6 Å². The van der Waals surface area contributed by atoms with Gasteiger partial charge in [-0.15, -0.1) is 0 Å². The Morgan fingerprint density at radius 1 is 1.47 bits per heavy atom. The highest BCUT2D eigenvalue weighted by Crippen LogP contribution is 2.23. The van der Waals surface area contributed by atoms with E-state index < -0.39 is 5.76 Å². The highest BCUT2D eigenvalue weighted by molar-refractivity contribution is 6.32. The first-order valence-electron chi connectivity index (χ1n) is 4.30. The topological polar surface area (TPSA) is 52.2 Å². The first-order chi connectivity index (χ1) is 7.00. The van der Waals surface area contributed by atoms with E-state index in [9.17, 15) is 9.59 Å². The Kier molecular flexibility index (Phi) is 2.16. The van der Waals surface area contributed by atoms with Crippen molar-refractivity contribution in [2.75, 3.05) is 0 Å². The molecule has 1 aromatic carbocycles. The van der Waals surface area contributed by atoms with Crippen LogP contribution in [-0.4, -0.2) is 10.4 Å². The van der Waals surface area contributed by atoms with Crippen LogP contribution in [0.5, 0.6) is 0 Å². The molecule has 5 heteroatoms. The molecule has 0 saturated heterocycles. The van der Waals surface area contributed by atoms with Gasteiger partial charge in [-0.2, -0.15) is 0 Å². The van der Waals surface area contributed by atoms with Crippen molar-refractivity contribution < 1.29 is 9.21 Å². The van der Waals surface area contributed by atoms with Gasteiger partial charge < -0.3 is 4.42 Å². The highest BCUT2D eigenvalue weighted by atomic mass is 35.5. The van der Waals surface area contributed by atoms with Gasteiger partial charge >= 0.3 is 5.76 Å². The Morgan fingerprint density at radius 3 is 2.73 bits per heavy atom. The van der Waals surface area contributed by atoms with E-state index in [4.69, 9.17) is 16.0 Å². The second kappa shape index (κ2) is 3.24. The summed E-state index contributed by atoms with van der Waals surface area (Å²) in [6.45, 7) is 1.40. The number of Topliss-reactive ketones (excluding diaryl/α,β-unsaturated/α-hetero) is 1. The number of halogens is 1. The van der Waals surface area contributed by atoms with Gasteiger partial charge in [-0.1, -0.05) is 11.6 Å². The van der Waals surface area contributed by atoms with E-state index in [0.29, 0.717) is 21.7 Å². The van der Waals surface area contributed by atoms with E-state index in [2.05, 4.69) is 0 Å². The Labute approximate surface area is 90.1 Å². The molecule has 0 aliphatic heterocycles. The summed E-state index contributed by atoms with van der Waals surface area (Å²) in [6, 6.07) is 3.09. The molecule has 0 atom stereocenters. The second-order valence-corrected chi connectivity index (χ2v) is 3.72. The van der Waals surface area contributed by atoms with Gasteiger partial charge in [0.05, 0.1) is 11.1 Å². The van der Waals surface area contributed by atoms with E-state index in [1.807, 2.05) is 0 Å². The molecule has 0 amide bonds. The van der Waals surface area contributed by atoms with E-state index >= 15 is 0 Å². The maximum Gasteiger partial charge on any atom is 0.419 e. The smallest absolute Gasteiger partial charge is 0.407 e. The number of nitrogens with zero attached hydrogens (tertiary/aromatic N) is 1. The van der Waals surface area contributed by atoms with Crippen LogP contribution in [0.2, 0.25) is 5.02 Å². The number of carbonyl (C=O) groups excluding carboxylic acids is 1. The van der Waals surface area contributed by atoms with Crippen molar-refractivity contribution in [3.63, 3.8) is 0 Å². The number of benzene rings is 1. The molecule has 1 heterocycles. The zero-order valence-electron chi connectivity index (χ0n) is 8.20. The molecular weight excluding hydrogens is 218 g/mol. The van der Waals surface area contributed by atoms with Crippen LogP contribution in [0.4, 0.5) is 0 Å². The van der Waals surface area contributed by atoms with Gasteiger partial charge in [0.1, 0.15) is 0 Å². The molecule has 0 bridgehead atoms. The number of rotatable bonds is 1. The summed E-state index contributed by atoms with van der Waals surface area (Å²) in [4.78, 5) is 22.6. The molecule has 0 saturated carbocycles. The number of fused-ring (bicyclic) bond motifs is 1. The van der Waals surface area contributed by atoms with E-state index in [1.54, 1.807) is 13.1 Å². The Hall–Kier alpha value is -1.55. The average Bonchev–Trinajstić information content (AvgIpc) is 2.43. The van der Waals surface area contributed by atoms with Gasteiger partial charge in [0.15, 0.2) is 11.4 Å². The first kappa shape index (κ1) is 9.98. The predicted octanol–water partition coefficient (Wildman–Crippen LogP) is 1.99. The minimum absolute atomic E-state index is 0.183. The van der Waals surface area contributed by atoms with E-state index in [-0.39, 0.29) is 5.78 Å². The fraction of sp³-hybridized carbons (Fsp3) is 0.200. The molecule has 0 fully saturated rings. The number of hydrogen-bond donors (Lipinski definition) is 0. The highest BCUT2D eigenvalue weighted by Gasteiger charge is 2.14. The van der Waals surface area contributed by atoms with Gasteiger partial charge in [-0.3, -0.25) is 9.36 Å². The molecule has 78 valence electrons. The van der Waals surface area contributed by atoms with E-state index in [1.165, 1.54) is 17.6 Å². The number of oxazole rings is 1. The van der Waals surface area contributed by atoms with Crippen LogP contribution in [0.1, 0.15) is 17.3 Å². The van der Waals surface area contributed by atoms with Crippen LogP contribution in [-0.2, 0) is 7.05 Å². The fourth-order valence-electron chi connectivity index (χ4n) is 1.45. The molecular formula is C10H8ClNO3. The molecule has 0 N–H and O–H groups in total. The van der Waals surface area contributed by atoms with Crippen molar-refractivity contribution in [2.24, 2.45) is 7.05 Å². The minimum atomic E-state index is -0.505. The zero-order valence-corrected chi connectivity index (χ0v) is 8.96. The number of carbonyl (C=O) groups is 1. The number of ketones is 1. The number of aromatic nitrogens is 1. The van der Waals surface area contributed by atoms with Crippen molar-refractivity contribution in [2.45, 2.75) is 6.92 Å². The summed E-state index contributed by atoms with van der Waals surface area (Å²) < 4.78 is 6.29. The first-order valence-corrected chi connectivity index (χ1v) is 4.68. The van der Waals surface area contributed by atoms with Crippen LogP contribution < -0.4 is 5.76 Å². The largest absolute Gasteiger partial charge is 0.419 e. The Morgan fingerprint density at radius 2 is 2.13 bits per heavy atom. The maximum atomic E-state index is 11.3. The monoisotopic (exact) mass is 225 g/mol. The zero-order chi connectivity index (χ0) is 11.2. The lowest BCUT2D eigenvalue weighted by molar-refractivity contribution is 0.101. The fourth-order valence-corrected chi connectivity index (χ4v) is 1.66. The number of aryl methyl sites for hydroxylation is 1. The molecule has 2 aromatic rings. The summed E-state index contributed by atoms with van der Waals surface area (Å²) in [6.07, 6.45) is 0. The third kappa shape index (κ3) is 1.47. The van der Waals surface area contributed by atoms with Crippen molar-refractivity contribution in [3.05, 3.63) is 33.3 Å². The van der Waals surface area contributed by atoms with Crippen molar-refractivity contribution in [1.29, 1.82) is 0 Å². The molecule has 0 radical (unpaired) electrons. The molecule has 0 aliphatic rings. The van der Waals surface area contributed by atoms with Crippen LogP contribution in [0.25, 0.3) is 11.1 Å². The van der Waals surface area contributed by atoms with E-state index in [0.717, 1.165) is 0 Å². The Balaban J connectivity index is 2.99. The third-order valence-corrected chi connectivity index (χ3v) is 2.46. The van der Waals surface area contributed by atoms with Crippen molar-refractivity contribution >= 4 is 28.5 Å². The van der Waals surface area contributed by atoms with Crippen molar-refractivity contribution in [3.8, 4) is 0 Å². The molecule has 0 unspecified atom stereocenters. The van der Waals surface area contributed by atoms with Gasteiger partial charge in [-0.05, 0) is 19.1 Å². The van der Waals surface area contributed by atoms with Gasteiger partial charge in [0.2, 0.25) is 0 Å². The maximum absolute atomic E-state index is 11.3. The summed E-state index contributed by atoms with van der Waals surface area (Å²) in [5.41, 5.74) is 1.15. The predicted molar refractivity (Wildman–Crippen MR) is 56.5 cm³/mol. The SMILES string of the molecule is CC(=O)c1cc(Cl)cc2c1oc(=O)n2C. The van der Waals surface area contributed by atoms with Gasteiger partial charge in [0.25, 0.3) is 0 Å². The lowest BCUT2D eigenvalue weighted by Crippen LogP contribution is -2.08. The molecule has 15 heavy (non-hydrogen) atoms. The van der Waals surface area contributed by atoms with Crippen LogP contribution in [0, 0.1) is 0 Å². The molecule has 0 aliphatic carbocycles. The minimum Gasteiger partial charge on any atom is -0.407 e. The molecule has 1 aromatic heterocycles. The summed E-state index contributed by atoms with van der Waals surface area (Å²) in [5.74, 6) is -0.688. The van der Waals surface area contributed by atoms with Gasteiger partial charge in [-0.25, -0.2) is 4.79 Å². The molecule has 0 spiro atoms. The van der Waals surface area contributed by atoms with Gasteiger partial charge in [0, 0.05) is 12.1 Å². The second-order valence-electron chi connectivity index (χ2n) is 3.28. The summed E-state index contributed by atoms with van der Waals surface area (Å²) in [7, 11) is 1.56. The standard InChI is InChI=1S/C10H8ClNO3/c1-5(13)7-3-6(11)4-8-9(7)15-10(14)12(8)2/h3-4H,1-2H3. The Bertz CT molecular complexity index is 609. The summed E-state index contributed by atoms with van der Waals surface area (Å²) >= 11 is 5.84. The average molecular weight is 226 g/mol. The summed E-state index contributed by atoms with van der Waals surface area (Å²) in [5, 5.41) is 0.407. The van der Waals surface area contributed by atoms with Crippen LogP contribution in [0.3, 0.4) is 0 Å². The number of hydrogen-bond acceptors (Lipinski definition) is 3.